The van der Waals surface area contributed by atoms with E-state index in [4.69, 9.17) is 4.52 Å². The van der Waals surface area contributed by atoms with E-state index in [9.17, 15) is 9.18 Å². The lowest BCUT2D eigenvalue weighted by molar-refractivity contribution is 0.0706. The number of aryl methyl sites for hydroxylation is 1. The molecule has 8 nitrogen and oxygen atoms in total. The third-order valence-electron chi connectivity index (χ3n) is 6.41. The highest BCUT2D eigenvalue weighted by Crippen LogP contribution is 2.32. The predicted molar refractivity (Wildman–Crippen MR) is 123 cm³/mol. The highest BCUT2D eigenvalue weighted by atomic mass is 19.1. The standard InChI is InChI=1S/C25H21FN6O2/c1-15-22-18(13-20(27-24(22)34-30-15)17-8-2-3-9-19(17)26)25(33)31-11-6-7-16(14-31)23-29-28-21-10-4-5-12-32(21)23/h2-5,8-10,12-13,16H,6-7,11,14H2,1H3/t16-/m1/s1. The molecular weight excluding hydrogens is 435 g/mol. The molecule has 4 aromatic heterocycles. The van der Waals surface area contributed by atoms with Gasteiger partial charge in [0.2, 0.25) is 0 Å². The molecular formula is C25H21FN6O2. The summed E-state index contributed by atoms with van der Waals surface area (Å²) in [7, 11) is 0. The third kappa shape index (κ3) is 3.32. The van der Waals surface area contributed by atoms with Crippen LogP contribution in [0.5, 0.6) is 0 Å². The van der Waals surface area contributed by atoms with E-state index < -0.39 is 5.82 Å². The summed E-state index contributed by atoms with van der Waals surface area (Å²) in [5.41, 5.74) is 2.63. The molecule has 0 unspecified atom stereocenters. The molecule has 34 heavy (non-hydrogen) atoms. The zero-order valence-electron chi connectivity index (χ0n) is 18.5. The molecule has 0 spiro atoms. The van der Waals surface area contributed by atoms with Gasteiger partial charge < -0.3 is 9.42 Å². The number of hydrogen-bond acceptors (Lipinski definition) is 6. The normalized spacial score (nSPS) is 16.4. The van der Waals surface area contributed by atoms with Crippen molar-refractivity contribution in [2.45, 2.75) is 25.7 Å². The summed E-state index contributed by atoms with van der Waals surface area (Å²) >= 11 is 0. The average molecular weight is 456 g/mol. The second-order valence-corrected chi connectivity index (χ2v) is 8.56. The summed E-state index contributed by atoms with van der Waals surface area (Å²) in [6, 6.07) is 13.8. The average Bonchev–Trinajstić information content (AvgIpc) is 3.47. The third-order valence-corrected chi connectivity index (χ3v) is 6.41. The number of piperidine rings is 1. The van der Waals surface area contributed by atoms with Crippen LogP contribution in [-0.2, 0) is 0 Å². The maximum absolute atomic E-state index is 14.5. The number of carbonyl (C=O) groups excluding carboxylic acids is 1. The Balaban J connectivity index is 1.39. The molecule has 6 rings (SSSR count). The van der Waals surface area contributed by atoms with Gasteiger partial charge in [-0.2, -0.15) is 0 Å². The number of carbonyl (C=O) groups is 1. The quantitative estimate of drug-likeness (QED) is 0.400. The number of benzene rings is 1. The van der Waals surface area contributed by atoms with Crippen LogP contribution in [0, 0.1) is 12.7 Å². The van der Waals surface area contributed by atoms with E-state index in [-0.39, 0.29) is 17.5 Å². The van der Waals surface area contributed by atoms with Crippen molar-refractivity contribution < 1.29 is 13.7 Å². The van der Waals surface area contributed by atoms with Gasteiger partial charge in [-0.1, -0.05) is 23.4 Å². The van der Waals surface area contributed by atoms with Crippen molar-refractivity contribution in [1.82, 2.24) is 29.6 Å². The first-order chi connectivity index (χ1) is 16.6. The largest absolute Gasteiger partial charge is 0.338 e. The molecule has 9 heteroatoms. The van der Waals surface area contributed by atoms with Gasteiger partial charge in [-0.25, -0.2) is 9.37 Å². The summed E-state index contributed by atoms with van der Waals surface area (Å²) < 4.78 is 21.9. The fourth-order valence-corrected chi connectivity index (χ4v) is 4.75. The van der Waals surface area contributed by atoms with Crippen LogP contribution < -0.4 is 0 Å². The Morgan fingerprint density at radius 2 is 2.00 bits per heavy atom. The molecule has 5 heterocycles. The highest BCUT2D eigenvalue weighted by molar-refractivity contribution is 6.07. The van der Waals surface area contributed by atoms with Crippen molar-refractivity contribution in [2.75, 3.05) is 13.1 Å². The van der Waals surface area contributed by atoms with Crippen molar-refractivity contribution in [3.8, 4) is 11.3 Å². The van der Waals surface area contributed by atoms with Crippen LogP contribution in [0.25, 0.3) is 28.0 Å². The summed E-state index contributed by atoms with van der Waals surface area (Å²) in [6.45, 7) is 2.90. The Hall–Kier alpha value is -4.14. The molecule has 0 bridgehead atoms. The van der Waals surface area contributed by atoms with Crippen molar-refractivity contribution in [3.05, 3.63) is 77.6 Å². The molecule has 1 atom stereocenters. The SMILES string of the molecule is Cc1noc2nc(-c3ccccc3F)cc(C(=O)N3CCC[C@@H](c4nnc5ccccn45)C3)c12. The van der Waals surface area contributed by atoms with Gasteiger partial charge in [-0.3, -0.25) is 9.20 Å². The van der Waals surface area contributed by atoms with Crippen LogP contribution in [0.1, 0.15) is 40.6 Å². The van der Waals surface area contributed by atoms with E-state index in [1.165, 1.54) is 6.07 Å². The Morgan fingerprint density at radius 3 is 2.88 bits per heavy atom. The molecule has 1 saturated heterocycles. The number of aromatic nitrogens is 5. The lowest BCUT2D eigenvalue weighted by atomic mass is 9.96. The van der Waals surface area contributed by atoms with E-state index in [1.54, 1.807) is 31.2 Å². The minimum atomic E-state index is -0.416. The minimum Gasteiger partial charge on any atom is -0.338 e. The number of amides is 1. The Morgan fingerprint density at radius 1 is 1.15 bits per heavy atom. The van der Waals surface area contributed by atoms with Crippen LogP contribution in [0.3, 0.4) is 0 Å². The number of pyridine rings is 2. The summed E-state index contributed by atoms with van der Waals surface area (Å²) in [5, 5.41) is 13.2. The molecule has 1 aromatic carbocycles. The lowest BCUT2D eigenvalue weighted by Gasteiger charge is -2.32. The number of hydrogen-bond donors (Lipinski definition) is 0. The summed E-state index contributed by atoms with van der Waals surface area (Å²) in [6.07, 6.45) is 3.70. The topological polar surface area (TPSA) is 89.4 Å². The van der Waals surface area contributed by atoms with E-state index in [2.05, 4.69) is 20.3 Å². The van der Waals surface area contributed by atoms with Crippen LogP contribution in [0.4, 0.5) is 4.39 Å². The molecule has 0 aliphatic carbocycles. The smallest absolute Gasteiger partial charge is 0.259 e. The fourth-order valence-electron chi connectivity index (χ4n) is 4.75. The molecule has 0 saturated carbocycles. The van der Waals surface area contributed by atoms with Gasteiger partial charge >= 0.3 is 0 Å². The summed E-state index contributed by atoms with van der Waals surface area (Å²) in [4.78, 5) is 20.1. The van der Waals surface area contributed by atoms with Crippen LogP contribution in [0.15, 0.2) is 59.3 Å². The molecule has 1 aliphatic rings. The fraction of sp³-hybridized carbons (Fsp3) is 0.240. The second kappa shape index (κ2) is 8.02. The number of likely N-dealkylation sites (tertiary alicyclic amines) is 1. The van der Waals surface area contributed by atoms with Crippen molar-refractivity contribution in [1.29, 1.82) is 0 Å². The Kier molecular flexibility index (Phi) is 4.83. The number of fused-ring (bicyclic) bond motifs is 2. The van der Waals surface area contributed by atoms with E-state index in [1.807, 2.05) is 33.7 Å². The predicted octanol–water partition coefficient (Wildman–Crippen LogP) is 4.40. The monoisotopic (exact) mass is 456 g/mol. The van der Waals surface area contributed by atoms with E-state index in [0.29, 0.717) is 41.0 Å². The van der Waals surface area contributed by atoms with Gasteiger partial charge in [-0.05, 0) is 50.1 Å². The molecule has 0 N–H and O–H groups in total. The summed E-state index contributed by atoms with van der Waals surface area (Å²) in [5.74, 6) is 0.332. The maximum Gasteiger partial charge on any atom is 0.259 e. The van der Waals surface area contributed by atoms with Crippen molar-refractivity contribution in [3.63, 3.8) is 0 Å². The number of nitrogens with zero attached hydrogens (tertiary/aromatic N) is 6. The van der Waals surface area contributed by atoms with Crippen LogP contribution in [0.2, 0.25) is 0 Å². The van der Waals surface area contributed by atoms with Gasteiger partial charge in [0.15, 0.2) is 5.65 Å². The first kappa shape index (κ1) is 20.5. The Labute approximate surface area is 194 Å². The number of rotatable bonds is 3. The number of halogens is 1. The van der Waals surface area contributed by atoms with Gasteiger partial charge in [0, 0.05) is 30.8 Å². The lowest BCUT2D eigenvalue weighted by Crippen LogP contribution is -2.39. The van der Waals surface area contributed by atoms with E-state index in [0.717, 1.165) is 24.3 Å². The van der Waals surface area contributed by atoms with E-state index >= 15 is 0 Å². The maximum atomic E-state index is 14.5. The van der Waals surface area contributed by atoms with Crippen molar-refractivity contribution >= 4 is 22.7 Å². The zero-order chi connectivity index (χ0) is 23.2. The molecule has 0 radical (unpaired) electrons. The minimum absolute atomic E-state index is 0.0574. The molecule has 170 valence electrons. The van der Waals surface area contributed by atoms with Gasteiger partial charge in [-0.15, -0.1) is 10.2 Å². The van der Waals surface area contributed by atoms with Crippen LogP contribution >= 0.6 is 0 Å². The first-order valence-electron chi connectivity index (χ1n) is 11.2. The molecule has 1 fully saturated rings. The second-order valence-electron chi connectivity index (χ2n) is 8.56. The van der Waals surface area contributed by atoms with Crippen molar-refractivity contribution in [2.24, 2.45) is 0 Å². The van der Waals surface area contributed by atoms with Gasteiger partial charge in [0.05, 0.1) is 22.3 Å². The Bertz CT molecular complexity index is 1540. The molecule has 1 amide bonds. The van der Waals surface area contributed by atoms with Crippen LogP contribution in [-0.4, -0.2) is 48.6 Å². The molecule has 1 aliphatic heterocycles. The zero-order valence-corrected chi connectivity index (χ0v) is 18.5. The molecule has 5 aromatic rings. The first-order valence-corrected chi connectivity index (χ1v) is 11.2. The van der Waals surface area contributed by atoms with Gasteiger partial charge in [0.25, 0.3) is 11.6 Å². The highest BCUT2D eigenvalue weighted by Gasteiger charge is 2.30. The van der Waals surface area contributed by atoms with Gasteiger partial charge in [0.1, 0.15) is 11.6 Å².